The van der Waals surface area contributed by atoms with Crippen molar-refractivity contribution in [2.45, 2.75) is 24.4 Å². The number of pyridine rings is 2. The zero-order chi connectivity index (χ0) is 22.6. The van der Waals surface area contributed by atoms with Crippen LogP contribution in [0.5, 0.6) is 0 Å². The lowest BCUT2D eigenvalue weighted by atomic mass is 10.0. The van der Waals surface area contributed by atoms with Gasteiger partial charge in [0.2, 0.25) is 0 Å². The maximum atomic E-state index is 13.2. The van der Waals surface area contributed by atoms with Crippen LogP contribution in [0.4, 0.5) is 19.0 Å². The summed E-state index contributed by atoms with van der Waals surface area (Å²) in [5.74, 6) is -0.395. The highest BCUT2D eigenvalue weighted by Crippen LogP contribution is 2.35. The SMILES string of the molecule is CCCS(=O)(=O)c1ccc(NC(=O)c2ccc(-c3ncccc3C(F)(F)F)cc2)nc1. The van der Waals surface area contributed by atoms with E-state index >= 15 is 0 Å². The zero-order valence-electron chi connectivity index (χ0n) is 16.3. The van der Waals surface area contributed by atoms with Gasteiger partial charge >= 0.3 is 6.18 Å². The number of alkyl halides is 3. The molecule has 1 aromatic carbocycles. The number of hydrogen-bond donors (Lipinski definition) is 1. The number of benzene rings is 1. The van der Waals surface area contributed by atoms with Crippen molar-refractivity contribution in [3.05, 3.63) is 72.1 Å². The second kappa shape index (κ2) is 8.84. The molecule has 0 spiro atoms. The second-order valence-corrected chi connectivity index (χ2v) is 8.74. The van der Waals surface area contributed by atoms with E-state index in [1.165, 1.54) is 54.9 Å². The van der Waals surface area contributed by atoms with Crippen LogP contribution in [0, 0.1) is 0 Å². The average Bonchev–Trinajstić information content (AvgIpc) is 2.73. The number of amides is 1. The van der Waals surface area contributed by atoms with E-state index in [2.05, 4.69) is 15.3 Å². The van der Waals surface area contributed by atoms with E-state index in [-0.39, 0.29) is 33.3 Å². The molecule has 0 saturated heterocycles. The van der Waals surface area contributed by atoms with Gasteiger partial charge in [-0.25, -0.2) is 13.4 Å². The summed E-state index contributed by atoms with van der Waals surface area (Å²) in [6.07, 6.45) is -1.65. The quantitative estimate of drug-likeness (QED) is 0.594. The second-order valence-electron chi connectivity index (χ2n) is 6.63. The minimum absolute atomic E-state index is 0.000934. The lowest BCUT2D eigenvalue weighted by molar-refractivity contribution is -0.137. The largest absolute Gasteiger partial charge is 0.418 e. The minimum atomic E-state index is -4.55. The number of rotatable bonds is 6. The highest BCUT2D eigenvalue weighted by atomic mass is 32.2. The van der Waals surface area contributed by atoms with Gasteiger partial charge in [0.25, 0.3) is 5.91 Å². The van der Waals surface area contributed by atoms with Crippen LogP contribution in [0.15, 0.2) is 65.8 Å². The normalized spacial score (nSPS) is 11.9. The van der Waals surface area contributed by atoms with Gasteiger partial charge in [-0.2, -0.15) is 13.2 Å². The van der Waals surface area contributed by atoms with Crippen molar-refractivity contribution in [1.29, 1.82) is 0 Å². The Hall–Kier alpha value is -3.27. The zero-order valence-corrected chi connectivity index (χ0v) is 17.2. The lowest BCUT2D eigenvalue weighted by Crippen LogP contribution is -2.13. The first kappa shape index (κ1) is 22.4. The molecule has 31 heavy (non-hydrogen) atoms. The van der Waals surface area contributed by atoms with Crippen molar-refractivity contribution < 1.29 is 26.4 Å². The highest BCUT2D eigenvalue weighted by molar-refractivity contribution is 7.91. The van der Waals surface area contributed by atoms with Crippen LogP contribution in [0.2, 0.25) is 0 Å². The van der Waals surface area contributed by atoms with Crippen molar-refractivity contribution in [2.75, 3.05) is 11.1 Å². The van der Waals surface area contributed by atoms with Crippen LogP contribution in [-0.4, -0.2) is 30.0 Å². The summed E-state index contributed by atoms with van der Waals surface area (Å²) in [7, 11) is -3.41. The molecule has 0 saturated carbocycles. The van der Waals surface area contributed by atoms with Crippen molar-refractivity contribution in [3.63, 3.8) is 0 Å². The summed E-state index contributed by atoms with van der Waals surface area (Å²) < 4.78 is 63.6. The summed E-state index contributed by atoms with van der Waals surface area (Å²) in [4.78, 5) is 20.2. The molecule has 3 aromatic rings. The van der Waals surface area contributed by atoms with Gasteiger partial charge in [0, 0.05) is 23.5 Å². The first-order valence-electron chi connectivity index (χ1n) is 9.24. The lowest BCUT2D eigenvalue weighted by Gasteiger charge is -2.12. The number of nitrogens with one attached hydrogen (secondary N) is 1. The van der Waals surface area contributed by atoms with E-state index in [4.69, 9.17) is 0 Å². The maximum Gasteiger partial charge on any atom is 0.418 e. The molecule has 0 aliphatic carbocycles. The molecule has 0 fully saturated rings. The molecule has 1 amide bonds. The molecule has 0 atom stereocenters. The van der Waals surface area contributed by atoms with E-state index in [1.807, 2.05) is 0 Å². The Balaban J connectivity index is 1.76. The van der Waals surface area contributed by atoms with Crippen LogP contribution >= 0.6 is 0 Å². The molecular formula is C21H18F3N3O3S. The summed E-state index contributed by atoms with van der Waals surface area (Å²) >= 11 is 0. The van der Waals surface area contributed by atoms with E-state index < -0.39 is 27.5 Å². The van der Waals surface area contributed by atoms with Gasteiger partial charge < -0.3 is 5.32 Å². The molecule has 1 N–H and O–H groups in total. The molecular weight excluding hydrogens is 431 g/mol. The number of hydrogen-bond acceptors (Lipinski definition) is 5. The molecule has 0 radical (unpaired) electrons. The van der Waals surface area contributed by atoms with Crippen molar-refractivity contribution in [3.8, 4) is 11.3 Å². The molecule has 0 unspecified atom stereocenters. The van der Waals surface area contributed by atoms with Gasteiger partial charge in [0.15, 0.2) is 9.84 Å². The van der Waals surface area contributed by atoms with Crippen molar-refractivity contribution in [1.82, 2.24) is 9.97 Å². The van der Waals surface area contributed by atoms with E-state index in [0.29, 0.717) is 6.42 Å². The predicted octanol–water partition coefficient (Wildman–Crippen LogP) is 4.60. The molecule has 3 rings (SSSR count). The summed E-state index contributed by atoms with van der Waals surface area (Å²) in [6, 6.07) is 10.4. The number of aromatic nitrogens is 2. The van der Waals surface area contributed by atoms with Gasteiger partial charge in [-0.3, -0.25) is 9.78 Å². The van der Waals surface area contributed by atoms with Gasteiger partial charge in [-0.05, 0) is 42.8 Å². The van der Waals surface area contributed by atoms with Gasteiger partial charge in [-0.15, -0.1) is 0 Å². The summed E-state index contributed by atoms with van der Waals surface area (Å²) in [6.45, 7) is 1.75. The molecule has 0 aliphatic rings. The van der Waals surface area contributed by atoms with Crippen LogP contribution in [-0.2, 0) is 16.0 Å². The van der Waals surface area contributed by atoms with E-state index in [0.717, 1.165) is 6.07 Å². The van der Waals surface area contributed by atoms with E-state index in [9.17, 15) is 26.4 Å². The van der Waals surface area contributed by atoms with Crippen LogP contribution in [0.1, 0.15) is 29.3 Å². The molecule has 2 aromatic heterocycles. The molecule has 0 bridgehead atoms. The van der Waals surface area contributed by atoms with Crippen LogP contribution in [0.25, 0.3) is 11.3 Å². The van der Waals surface area contributed by atoms with E-state index in [1.54, 1.807) is 6.92 Å². The first-order chi connectivity index (χ1) is 14.6. The fourth-order valence-corrected chi connectivity index (χ4v) is 4.12. The Bertz CT molecular complexity index is 1180. The Kier molecular flexibility index (Phi) is 6.40. The minimum Gasteiger partial charge on any atom is -0.307 e. The van der Waals surface area contributed by atoms with Crippen molar-refractivity contribution in [2.24, 2.45) is 0 Å². The Labute approximate surface area is 177 Å². The standard InChI is InChI=1S/C21H18F3N3O3S/c1-2-12-31(29,30)16-9-10-18(26-13-16)27-20(28)15-7-5-14(6-8-15)19-17(21(22,23)24)4-3-11-25-19/h3-11,13H,2,12H2,1H3,(H,26,27,28). The highest BCUT2D eigenvalue weighted by Gasteiger charge is 2.34. The fraction of sp³-hybridized carbons (Fsp3) is 0.190. The third kappa shape index (κ3) is 5.26. The van der Waals surface area contributed by atoms with Crippen molar-refractivity contribution >= 4 is 21.6 Å². The molecule has 162 valence electrons. The first-order valence-corrected chi connectivity index (χ1v) is 10.9. The van der Waals surface area contributed by atoms with Gasteiger partial charge in [0.05, 0.1) is 21.9 Å². The third-order valence-electron chi connectivity index (χ3n) is 4.34. The number of halogens is 3. The summed E-state index contributed by atoms with van der Waals surface area (Å²) in [5.41, 5.74) is -0.687. The topological polar surface area (TPSA) is 89.0 Å². The summed E-state index contributed by atoms with van der Waals surface area (Å²) in [5, 5.41) is 2.52. The predicted molar refractivity (Wildman–Crippen MR) is 109 cm³/mol. The number of carbonyl (C=O) groups excluding carboxylic acids is 1. The Morgan fingerprint density at radius 1 is 1.03 bits per heavy atom. The Morgan fingerprint density at radius 2 is 1.74 bits per heavy atom. The smallest absolute Gasteiger partial charge is 0.307 e. The van der Waals surface area contributed by atoms with Crippen LogP contribution < -0.4 is 5.32 Å². The third-order valence-corrected chi connectivity index (χ3v) is 6.25. The molecule has 2 heterocycles. The fourth-order valence-electron chi connectivity index (χ4n) is 2.86. The number of nitrogens with zero attached hydrogens (tertiary/aromatic N) is 2. The molecule has 10 heteroatoms. The van der Waals surface area contributed by atoms with Crippen LogP contribution in [0.3, 0.4) is 0 Å². The molecule has 0 aliphatic heterocycles. The number of anilines is 1. The van der Waals surface area contributed by atoms with Gasteiger partial charge in [-0.1, -0.05) is 19.1 Å². The monoisotopic (exact) mass is 449 g/mol. The van der Waals surface area contributed by atoms with Gasteiger partial charge in [0.1, 0.15) is 5.82 Å². The molecule has 6 nitrogen and oxygen atoms in total. The number of sulfone groups is 1. The maximum absolute atomic E-state index is 13.2. The average molecular weight is 449 g/mol. The number of carbonyl (C=O) groups is 1. The Morgan fingerprint density at radius 3 is 2.32 bits per heavy atom.